The zero-order valence-corrected chi connectivity index (χ0v) is 19.8. The molecule has 3 aromatic rings. The van der Waals surface area contributed by atoms with Gasteiger partial charge in [-0.05, 0) is 62.9 Å². The molecule has 1 fully saturated rings. The number of benzene rings is 1. The molecule has 13 heteroatoms. The van der Waals surface area contributed by atoms with Gasteiger partial charge in [-0.1, -0.05) is 12.1 Å². The van der Waals surface area contributed by atoms with Crippen LogP contribution in [0.1, 0.15) is 48.4 Å². The van der Waals surface area contributed by atoms with Gasteiger partial charge in [0, 0.05) is 12.2 Å². The highest BCUT2D eigenvalue weighted by molar-refractivity contribution is 7.92. The Bertz CT molecular complexity index is 1420. The largest absolute Gasteiger partial charge is 0.434 e. The summed E-state index contributed by atoms with van der Waals surface area (Å²) in [7, 11) is -4.21. The van der Waals surface area contributed by atoms with Crippen molar-refractivity contribution in [1.82, 2.24) is 14.7 Å². The van der Waals surface area contributed by atoms with Gasteiger partial charge in [0.25, 0.3) is 5.91 Å². The van der Waals surface area contributed by atoms with Crippen molar-refractivity contribution in [1.29, 1.82) is 0 Å². The summed E-state index contributed by atoms with van der Waals surface area (Å²) in [6.07, 6.45) is -8.19. The van der Waals surface area contributed by atoms with E-state index in [2.05, 4.69) is 10.3 Å². The Morgan fingerprint density at radius 2 is 1.67 bits per heavy atom. The number of alkyl halides is 6. The lowest BCUT2D eigenvalue weighted by atomic mass is 9.73. The first-order valence-electron chi connectivity index (χ1n) is 10.8. The highest BCUT2D eigenvalue weighted by atomic mass is 32.2. The number of halogens is 6. The van der Waals surface area contributed by atoms with Crippen molar-refractivity contribution in [3.8, 4) is 0 Å². The number of nitrogens with one attached hydrogen (secondary N) is 1. The van der Waals surface area contributed by atoms with Crippen LogP contribution in [0.25, 0.3) is 5.65 Å². The van der Waals surface area contributed by atoms with Crippen LogP contribution in [-0.4, -0.2) is 34.5 Å². The molecule has 36 heavy (non-hydrogen) atoms. The molecule has 1 N–H and O–H groups in total. The lowest BCUT2D eigenvalue weighted by Gasteiger charge is -2.44. The van der Waals surface area contributed by atoms with Crippen LogP contribution in [0.3, 0.4) is 0 Å². The normalized spacial score (nSPS) is 19.2. The number of nitrogens with zero attached hydrogens (tertiary/aromatic N) is 2. The van der Waals surface area contributed by atoms with E-state index in [1.807, 2.05) is 0 Å². The van der Waals surface area contributed by atoms with Crippen LogP contribution in [0, 0.1) is 5.92 Å². The fraction of sp³-hybridized carbons (Fsp3) is 0.391. The molecule has 2 aromatic heterocycles. The van der Waals surface area contributed by atoms with E-state index < -0.39 is 66.7 Å². The number of carbonyl (C=O) groups is 1. The third-order valence-electron chi connectivity index (χ3n) is 6.63. The average molecular weight is 533 g/mol. The van der Waals surface area contributed by atoms with E-state index >= 15 is 0 Å². The highest BCUT2D eigenvalue weighted by Crippen LogP contribution is 2.44. The minimum absolute atomic E-state index is 0.0604. The van der Waals surface area contributed by atoms with E-state index in [0.717, 1.165) is 28.8 Å². The molecule has 0 spiro atoms. The summed E-state index contributed by atoms with van der Waals surface area (Å²) in [6, 6.07) is 7.01. The topological polar surface area (TPSA) is 80.5 Å². The minimum Gasteiger partial charge on any atom is -0.348 e. The van der Waals surface area contributed by atoms with Gasteiger partial charge in [0.2, 0.25) is 0 Å². The predicted molar refractivity (Wildman–Crippen MR) is 117 cm³/mol. The third-order valence-corrected chi connectivity index (χ3v) is 9.23. The van der Waals surface area contributed by atoms with E-state index in [9.17, 15) is 39.6 Å². The smallest absolute Gasteiger partial charge is 0.348 e. The number of carbonyl (C=O) groups excluding carboxylic acids is 1. The Morgan fingerprint density at radius 1 is 1.00 bits per heavy atom. The van der Waals surface area contributed by atoms with E-state index in [4.69, 9.17) is 0 Å². The van der Waals surface area contributed by atoms with Gasteiger partial charge in [0.15, 0.2) is 21.2 Å². The number of hydrogen-bond donors (Lipinski definition) is 1. The fourth-order valence-corrected chi connectivity index (χ4v) is 6.12. The second-order valence-electron chi connectivity index (χ2n) is 9.21. The summed E-state index contributed by atoms with van der Waals surface area (Å²) in [5.74, 6) is -1.60. The van der Waals surface area contributed by atoms with Crippen LogP contribution in [-0.2, 0) is 22.2 Å². The van der Waals surface area contributed by atoms with Gasteiger partial charge in [-0.15, -0.1) is 0 Å². The van der Waals surface area contributed by atoms with Gasteiger partial charge in [-0.3, -0.25) is 9.20 Å². The summed E-state index contributed by atoms with van der Waals surface area (Å²) in [5, 5.41) is 2.47. The summed E-state index contributed by atoms with van der Waals surface area (Å²) in [6.45, 7) is 2.77. The van der Waals surface area contributed by atoms with Crippen molar-refractivity contribution in [2.75, 3.05) is 0 Å². The molecule has 6 nitrogen and oxygen atoms in total. The van der Waals surface area contributed by atoms with E-state index in [1.54, 1.807) is 0 Å². The highest BCUT2D eigenvalue weighted by Gasteiger charge is 2.50. The Hall–Kier alpha value is -3.09. The lowest BCUT2D eigenvalue weighted by Crippen LogP contribution is -2.53. The fourth-order valence-electron chi connectivity index (χ4n) is 4.34. The maximum absolute atomic E-state index is 13.6. The van der Waals surface area contributed by atoms with Crippen LogP contribution in [0.15, 0.2) is 53.6 Å². The second kappa shape index (κ2) is 8.49. The van der Waals surface area contributed by atoms with Gasteiger partial charge in [0.1, 0.15) is 5.65 Å². The first-order chi connectivity index (χ1) is 16.5. The number of hydrogen-bond acceptors (Lipinski definition) is 4. The first-order valence-corrected chi connectivity index (χ1v) is 12.3. The molecule has 1 aliphatic rings. The van der Waals surface area contributed by atoms with Gasteiger partial charge in [-0.2, -0.15) is 26.3 Å². The van der Waals surface area contributed by atoms with Crippen molar-refractivity contribution < 1.29 is 39.6 Å². The number of sulfone groups is 1. The second-order valence-corrected chi connectivity index (χ2v) is 11.7. The molecule has 2 heterocycles. The molecular formula is C23H21F6N3O3S. The molecule has 4 rings (SSSR count). The van der Waals surface area contributed by atoms with E-state index in [-0.39, 0.29) is 18.5 Å². The Labute approximate surface area is 202 Å². The maximum Gasteiger partial charge on any atom is 0.434 e. The molecule has 1 aliphatic carbocycles. The number of rotatable bonds is 5. The predicted octanol–water partition coefficient (Wildman–Crippen LogP) is 5.13. The SMILES string of the molecule is CC(C)(C1CC(NC(=O)c2nc3ccccn3c2C(F)(F)F)C1)S(=O)(=O)c1cccc(C(F)(F)F)c1. The Morgan fingerprint density at radius 3 is 2.28 bits per heavy atom. The molecule has 0 atom stereocenters. The number of amides is 1. The molecule has 1 saturated carbocycles. The first kappa shape index (κ1) is 26.0. The zero-order valence-electron chi connectivity index (χ0n) is 19.0. The van der Waals surface area contributed by atoms with E-state index in [1.165, 1.54) is 32.0 Å². The van der Waals surface area contributed by atoms with Crippen molar-refractivity contribution >= 4 is 21.4 Å². The molecule has 0 bridgehead atoms. The van der Waals surface area contributed by atoms with E-state index in [0.29, 0.717) is 6.07 Å². The molecule has 1 aromatic carbocycles. The number of aromatic nitrogens is 2. The Balaban J connectivity index is 1.50. The maximum atomic E-state index is 13.6. The molecule has 1 amide bonds. The Kier molecular flexibility index (Phi) is 6.13. The molecule has 194 valence electrons. The molecule has 0 radical (unpaired) electrons. The summed E-state index contributed by atoms with van der Waals surface area (Å²) in [5.41, 5.74) is -3.17. The molecule has 0 saturated heterocycles. The molecule has 0 unspecified atom stereocenters. The summed E-state index contributed by atoms with van der Waals surface area (Å²) < 4.78 is 106. The molecular weight excluding hydrogens is 512 g/mol. The van der Waals surface area contributed by atoms with Crippen LogP contribution in [0.4, 0.5) is 26.3 Å². The zero-order chi connectivity index (χ0) is 26.7. The quantitative estimate of drug-likeness (QED) is 0.461. The summed E-state index contributed by atoms with van der Waals surface area (Å²) in [4.78, 5) is 16.0. The minimum atomic E-state index is -4.85. The number of fused-ring (bicyclic) bond motifs is 1. The van der Waals surface area contributed by atoms with Gasteiger partial charge >= 0.3 is 12.4 Å². The van der Waals surface area contributed by atoms with Crippen LogP contribution in [0.2, 0.25) is 0 Å². The lowest BCUT2D eigenvalue weighted by molar-refractivity contribution is -0.142. The monoisotopic (exact) mass is 533 g/mol. The van der Waals surface area contributed by atoms with Crippen molar-refractivity contribution in [3.63, 3.8) is 0 Å². The number of pyridine rings is 1. The van der Waals surface area contributed by atoms with Crippen molar-refractivity contribution in [2.24, 2.45) is 5.92 Å². The average Bonchev–Trinajstić information content (AvgIpc) is 3.15. The van der Waals surface area contributed by atoms with Crippen LogP contribution < -0.4 is 5.32 Å². The van der Waals surface area contributed by atoms with Crippen molar-refractivity contribution in [2.45, 2.75) is 54.7 Å². The number of imidazole rings is 1. The summed E-state index contributed by atoms with van der Waals surface area (Å²) >= 11 is 0. The van der Waals surface area contributed by atoms with Gasteiger partial charge in [0.05, 0.1) is 15.2 Å². The van der Waals surface area contributed by atoms with Crippen LogP contribution >= 0.6 is 0 Å². The van der Waals surface area contributed by atoms with Crippen LogP contribution in [0.5, 0.6) is 0 Å². The van der Waals surface area contributed by atoms with Gasteiger partial charge in [-0.25, -0.2) is 13.4 Å². The van der Waals surface area contributed by atoms with Crippen molar-refractivity contribution in [3.05, 3.63) is 65.6 Å². The molecule has 0 aliphatic heterocycles. The standard InChI is InChI=1S/C23H21F6N3O3S/c1-21(2,36(34,35)16-7-5-6-13(12-16)22(24,25)26)14-10-15(11-14)30-20(33)18-19(23(27,28)29)32-9-4-3-8-17(32)31-18/h3-9,12,14-15H,10-11H2,1-2H3,(H,30,33). The third kappa shape index (κ3) is 4.44. The van der Waals surface area contributed by atoms with Gasteiger partial charge < -0.3 is 5.32 Å².